The number of sulfonamides is 1. The van der Waals surface area contributed by atoms with Crippen LogP contribution in [0.3, 0.4) is 0 Å². The van der Waals surface area contributed by atoms with Gasteiger partial charge in [0.15, 0.2) is 11.5 Å². The molecule has 0 aromatic heterocycles. The number of halogens is 1. The number of hydrogen-bond acceptors (Lipinski definition) is 6. The van der Waals surface area contributed by atoms with Crippen LogP contribution in [-0.4, -0.2) is 57.3 Å². The fraction of sp³-hybridized carbons (Fsp3) is 0.417. The van der Waals surface area contributed by atoms with Gasteiger partial charge in [0.1, 0.15) is 12.6 Å². The molecule has 1 aliphatic heterocycles. The third kappa shape index (κ3) is 6.79. The van der Waals surface area contributed by atoms with Gasteiger partial charge in [-0.25, -0.2) is 8.42 Å². The maximum atomic E-state index is 13.5. The van der Waals surface area contributed by atoms with Crippen molar-refractivity contribution in [3.63, 3.8) is 0 Å². The summed E-state index contributed by atoms with van der Waals surface area (Å²) in [5.41, 5.74) is 0.896. The third-order valence-corrected chi connectivity index (χ3v) is 7.13. The third-order valence-electron chi connectivity index (χ3n) is 5.62. The summed E-state index contributed by atoms with van der Waals surface area (Å²) < 4.78 is 37.0. The summed E-state index contributed by atoms with van der Waals surface area (Å²) in [7, 11) is -3.85. The lowest BCUT2D eigenvalue weighted by Gasteiger charge is -2.31. The van der Waals surface area contributed by atoms with Crippen LogP contribution in [0.1, 0.15) is 32.3 Å². The smallest absolute Gasteiger partial charge is 0.244 e. The van der Waals surface area contributed by atoms with E-state index in [1.807, 2.05) is 6.92 Å². The second-order valence-electron chi connectivity index (χ2n) is 8.24. The molecule has 0 radical (unpaired) electrons. The molecule has 0 saturated carbocycles. The standard InChI is InChI=1S/C24H30ClN3O6S/c1-4-5-12-26-24(30)17(2)27(14-18-8-6-7-9-20(18)25)23(29)15-28(35(3,31)32)19-10-11-21-22(13-19)34-16-33-21/h6-11,13,17H,4-5,12,14-16H2,1-3H3,(H,26,30). The highest BCUT2D eigenvalue weighted by Gasteiger charge is 2.31. The Labute approximate surface area is 211 Å². The monoisotopic (exact) mass is 523 g/mol. The van der Waals surface area contributed by atoms with Gasteiger partial charge < -0.3 is 19.7 Å². The first-order valence-corrected chi connectivity index (χ1v) is 13.5. The van der Waals surface area contributed by atoms with Crippen LogP contribution >= 0.6 is 11.6 Å². The van der Waals surface area contributed by atoms with Crippen LogP contribution in [-0.2, 0) is 26.2 Å². The Morgan fingerprint density at radius 2 is 1.86 bits per heavy atom. The van der Waals surface area contributed by atoms with E-state index in [1.165, 1.54) is 11.0 Å². The lowest BCUT2D eigenvalue weighted by molar-refractivity contribution is -0.139. The summed E-state index contributed by atoms with van der Waals surface area (Å²) in [6.07, 6.45) is 2.74. The molecule has 1 heterocycles. The predicted octanol–water partition coefficient (Wildman–Crippen LogP) is 3.17. The minimum absolute atomic E-state index is 0.0346. The molecule has 1 atom stereocenters. The Balaban J connectivity index is 1.89. The van der Waals surface area contributed by atoms with Gasteiger partial charge >= 0.3 is 0 Å². The van der Waals surface area contributed by atoms with Gasteiger partial charge in [0.2, 0.25) is 28.6 Å². The Hall–Kier alpha value is -2.98. The maximum absolute atomic E-state index is 13.5. The molecule has 35 heavy (non-hydrogen) atoms. The molecular formula is C24H30ClN3O6S. The van der Waals surface area contributed by atoms with Crippen molar-refractivity contribution in [2.75, 3.05) is 30.4 Å². The van der Waals surface area contributed by atoms with Crippen LogP contribution < -0.4 is 19.1 Å². The van der Waals surface area contributed by atoms with Gasteiger partial charge in [-0.2, -0.15) is 0 Å². The second kappa shape index (κ2) is 11.6. The molecule has 2 aromatic carbocycles. The van der Waals surface area contributed by atoms with Crippen molar-refractivity contribution in [3.8, 4) is 11.5 Å². The van der Waals surface area contributed by atoms with Gasteiger partial charge in [-0.3, -0.25) is 13.9 Å². The number of nitrogens with one attached hydrogen (secondary N) is 1. The average Bonchev–Trinajstić information content (AvgIpc) is 3.28. The number of carbonyl (C=O) groups excluding carboxylic acids is 2. The van der Waals surface area contributed by atoms with Crippen molar-refractivity contribution in [1.29, 1.82) is 0 Å². The zero-order valence-corrected chi connectivity index (χ0v) is 21.6. The molecule has 2 amide bonds. The first kappa shape index (κ1) is 26.6. The van der Waals surface area contributed by atoms with E-state index < -0.39 is 28.5 Å². The van der Waals surface area contributed by atoms with E-state index in [4.69, 9.17) is 21.1 Å². The normalized spacial score (nSPS) is 13.3. The van der Waals surface area contributed by atoms with Crippen molar-refractivity contribution in [3.05, 3.63) is 53.1 Å². The number of hydrogen-bond donors (Lipinski definition) is 1. The highest BCUT2D eigenvalue weighted by atomic mass is 35.5. The first-order chi connectivity index (χ1) is 16.6. The molecule has 3 rings (SSSR count). The molecule has 1 aliphatic rings. The maximum Gasteiger partial charge on any atom is 0.244 e. The topological polar surface area (TPSA) is 105 Å². The number of fused-ring (bicyclic) bond motifs is 1. The lowest BCUT2D eigenvalue weighted by atomic mass is 10.1. The van der Waals surface area contributed by atoms with E-state index in [-0.39, 0.29) is 24.9 Å². The van der Waals surface area contributed by atoms with Gasteiger partial charge in [-0.1, -0.05) is 43.1 Å². The lowest BCUT2D eigenvalue weighted by Crippen LogP contribution is -2.51. The molecule has 2 aromatic rings. The highest BCUT2D eigenvalue weighted by molar-refractivity contribution is 7.92. The molecular weight excluding hydrogens is 494 g/mol. The van der Waals surface area contributed by atoms with Crippen LogP contribution in [0, 0.1) is 0 Å². The SMILES string of the molecule is CCCCNC(=O)C(C)N(Cc1ccccc1Cl)C(=O)CN(c1ccc2c(c1)OCO2)S(C)(=O)=O. The van der Waals surface area contributed by atoms with E-state index in [9.17, 15) is 18.0 Å². The van der Waals surface area contributed by atoms with E-state index >= 15 is 0 Å². The summed E-state index contributed by atoms with van der Waals surface area (Å²) in [4.78, 5) is 27.7. The van der Waals surface area contributed by atoms with E-state index in [1.54, 1.807) is 43.3 Å². The van der Waals surface area contributed by atoms with E-state index in [0.717, 1.165) is 23.4 Å². The molecule has 1 N–H and O–H groups in total. The summed E-state index contributed by atoms with van der Waals surface area (Å²) in [6, 6.07) is 10.8. The fourth-order valence-corrected chi connectivity index (χ4v) is 4.62. The van der Waals surface area contributed by atoms with Gasteiger partial charge in [0.05, 0.1) is 11.9 Å². The zero-order chi connectivity index (χ0) is 25.6. The number of amides is 2. The Bertz CT molecular complexity index is 1170. The van der Waals surface area contributed by atoms with Crippen LogP contribution in [0.2, 0.25) is 5.02 Å². The summed E-state index contributed by atoms with van der Waals surface area (Å²) >= 11 is 6.32. The van der Waals surface area contributed by atoms with Crippen LogP contribution in [0.4, 0.5) is 5.69 Å². The number of carbonyl (C=O) groups is 2. The molecule has 0 fully saturated rings. The minimum atomic E-state index is -3.85. The number of ether oxygens (including phenoxy) is 2. The van der Waals surface area contributed by atoms with Gasteiger partial charge in [0, 0.05) is 24.2 Å². The molecule has 190 valence electrons. The van der Waals surface area contributed by atoms with Gasteiger partial charge in [-0.05, 0) is 37.1 Å². The van der Waals surface area contributed by atoms with Crippen LogP contribution in [0.15, 0.2) is 42.5 Å². The van der Waals surface area contributed by atoms with E-state index in [0.29, 0.717) is 28.6 Å². The quantitative estimate of drug-likeness (QED) is 0.454. The van der Waals surface area contributed by atoms with Crippen molar-refractivity contribution in [2.24, 2.45) is 0 Å². The molecule has 0 aliphatic carbocycles. The Kier molecular flexibility index (Phi) is 8.85. The van der Waals surface area contributed by atoms with Crippen LogP contribution in [0.5, 0.6) is 11.5 Å². The molecule has 0 spiro atoms. The minimum Gasteiger partial charge on any atom is -0.454 e. The largest absolute Gasteiger partial charge is 0.454 e. The van der Waals surface area contributed by atoms with Gasteiger partial charge in [-0.15, -0.1) is 0 Å². The molecule has 1 unspecified atom stereocenters. The summed E-state index contributed by atoms with van der Waals surface area (Å²) in [5.74, 6) is 0.00503. The molecule has 11 heteroatoms. The summed E-state index contributed by atoms with van der Waals surface area (Å²) in [5, 5.41) is 3.28. The highest BCUT2D eigenvalue weighted by Crippen LogP contribution is 2.36. The van der Waals surface area contributed by atoms with E-state index in [2.05, 4.69) is 5.32 Å². The molecule has 0 saturated heterocycles. The first-order valence-electron chi connectivity index (χ1n) is 11.3. The average molecular weight is 524 g/mol. The molecule has 0 bridgehead atoms. The van der Waals surface area contributed by atoms with Crippen molar-refractivity contribution in [1.82, 2.24) is 10.2 Å². The van der Waals surface area contributed by atoms with Crippen molar-refractivity contribution >= 4 is 39.1 Å². The fourth-order valence-electron chi connectivity index (χ4n) is 3.58. The van der Waals surface area contributed by atoms with Crippen LogP contribution in [0.25, 0.3) is 0 Å². The number of unbranched alkanes of at least 4 members (excludes halogenated alkanes) is 1. The number of rotatable bonds is 11. The second-order valence-corrected chi connectivity index (χ2v) is 10.6. The predicted molar refractivity (Wildman–Crippen MR) is 134 cm³/mol. The zero-order valence-electron chi connectivity index (χ0n) is 20.0. The Morgan fingerprint density at radius 1 is 1.14 bits per heavy atom. The molecule has 9 nitrogen and oxygen atoms in total. The van der Waals surface area contributed by atoms with Gasteiger partial charge in [0.25, 0.3) is 0 Å². The number of nitrogens with zero attached hydrogens (tertiary/aromatic N) is 2. The Morgan fingerprint density at radius 3 is 2.54 bits per heavy atom. The van der Waals surface area contributed by atoms with Crippen molar-refractivity contribution in [2.45, 2.75) is 39.3 Å². The summed E-state index contributed by atoms with van der Waals surface area (Å²) in [6.45, 7) is 3.68. The number of anilines is 1. The number of benzene rings is 2. The van der Waals surface area contributed by atoms with Crippen molar-refractivity contribution < 1.29 is 27.5 Å².